The molecule has 2 aromatic carbocycles. The first-order valence-electron chi connectivity index (χ1n) is 5.44. The Labute approximate surface area is 112 Å². The fraction of sp³-hybridized carbons (Fsp3) is 0.143. The summed E-state index contributed by atoms with van der Waals surface area (Å²) < 4.78 is 52.1. The zero-order valence-corrected chi connectivity index (χ0v) is 10.4. The predicted octanol–water partition coefficient (Wildman–Crippen LogP) is 5.25. The maximum absolute atomic E-state index is 13.3. The van der Waals surface area contributed by atoms with Gasteiger partial charge in [0.15, 0.2) is 0 Å². The summed E-state index contributed by atoms with van der Waals surface area (Å²) in [6, 6.07) is 8.70. The molecule has 0 radical (unpaired) electrons. The van der Waals surface area contributed by atoms with Crippen LogP contribution in [0.15, 0.2) is 42.5 Å². The van der Waals surface area contributed by atoms with Crippen molar-refractivity contribution < 1.29 is 17.6 Å². The van der Waals surface area contributed by atoms with E-state index in [-0.39, 0.29) is 17.0 Å². The van der Waals surface area contributed by atoms with Crippen LogP contribution in [0.1, 0.15) is 11.1 Å². The highest BCUT2D eigenvalue weighted by Crippen LogP contribution is 2.38. The van der Waals surface area contributed by atoms with Gasteiger partial charge in [-0.3, -0.25) is 0 Å². The number of benzene rings is 2. The minimum absolute atomic E-state index is 0.0157. The molecular weight excluding hydrogens is 280 g/mol. The van der Waals surface area contributed by atoms with Crippen molar-refractivity contribution in [2.45, 2.75) is 12.1 Å². The van der Waals surface area contributed by atoms with Crippen LogP contribution in [0.4, 0.5) is 17.6 Å². The summed E-state index contributed by atoms with van der Waals surface area (Å²) >= 11 is 5.70. The van der Waals surface area contributed by atoms with Gasteiger partial charge < -0.3 is 0 Å². The van der Waals surface area contributed by atoms with E-state index in [1.165, 1.54) is 30.3 Å². The Balaban J connectivity index is 2.69. The molecule has 0 aromatic heterocycles. The lowest BCUT2D eigenvalue weighted by molar-refractivity contribution is -0.137. The highest BCUT2D eigenvalue weighted by Gasteiger charge is 2.33. The van der Waals surface area contributed by atoms with Crippen molar-refractivity contribution >= 4 is 11.6 Å². The molecule has 0 aliphatic carbocycles. The van der Waals surface area contributed by atoms with Crippen LogP contribution in [0.3, 0.4) is 0 Å². The molecule has 0 bridgehead atoms. The highest BCUT2D eigenvalue weighted by molar-refractivity contribution is 6.17. The van der Waals surface area contributed by atoms with Gasteiger partial charge in [-0.05, 0) is 34.9 Å². The van der Waals surface area contributed by atoms with Gasteiger partial charge in [-0.2, -0.15) is 13.2 Å². The number of alkyl halides is 4. The predicted molar refractivity (Wildman–Crippen MR) is 66.4 cm³/mol. The zero-order chi connectivity index (χ0) is 14.0. The van der Waals surface area contributed by atoms with Crippen LogP contribution in [-0.4, -0.2) is 0 Å². The smallest absolute Gasteiger partial charge is 0.207 e. The average molecular weight is 289 g/mol. The van der Waals surface area contributed by atoms with Gasteiger partial charge in [0.25, 0.3) is 0 Å². The SMILES string of the molecule is Fc1ccc(CCl)c(-c2ccccc2C(F)(F)F)c1. The van der Waals surface area contributed by atoms with Crippen LogP contribution >= 0.6 is 11.6 Å². The third-order valence-corrected chi connectivity index (χ3v) is 3.03. The van der Waals surface area contributed by atoms with E-state index in [4.69, 9.17) is 11.6 Å². The Bertz CT molecular complexity index is 590. The second-order valence-corrected chi connectivity index (χ2v) is 4.25. The topological polar surface area (TPSA) is 0 Å². The first-order valence-corrected chi connectivity index (χ1v) is 5.98. The third-order valence-electron chi connectivity index (χ3n) is 2.74. The van der Waals surface area contributed by atoms with Crippen molar-refractivity contribution in [3.8, 4) is 11.1 Å². The second-order valence-electron chi connectivity index (χ2n) is 3.98. The molecule has 0 heterocycles. The monoisotopic (exact) mass is 288 g/mol. The fourth-order valence-corrected chi connectivity index (χ4v) is 2.11. The van der Waals surface area contributed by atoms with Gasteiger partial charge in [-0.25, -0.2) is 4.39 Å². The fourth-order valence-electron chi connectivity index (χ4n) is 1.88. The molecule has 0 nitrogen and oxygen atoms in total. The van der Waals surface area contributed by atoms with E-state index in [9.17, 15) is 17.6 Å². The Kier molecular flexibility index (Phi) is 3.80. The lowest BCUT2D eigenvalue weighted by Gasteiger charge is -2.15. The highest BCUT2D eigenvalue weighted by atomic mass is 35.5. The molecule has 0 amide bonds. The molecule has 100 valence electrons. The van der Waals surface area contributed by atoms with E-state index in [1.54, 1.807) is 0 Å². The van der Waals surface area contributed by atoms with Crippen LogP contribution < -0.4 is 0 Å². The minimum Gasteiger partial charge on any atom is -0.207 e. The standard InChI is InChI=1S/C14H9ClF4/c15-8-9-5-6-10(16)7-12(9)11-3-1-2-4-13(11)14(17,18)19/h1-7H,8H2. The average Bonchev–Trinajstić information content (AvgIpc) is 2.37. The summed E-state index contributed by atoms with van der Waals surface area (Å²) in [6.07, 6.45) is -4.49. The number of rotatable bonds is 2. The molecule has 0 fully saturated rings. The van der Waals surface area contributed by atoms with E-state index in [1.807, 2.05) is 0 Å². The van der Waals surface area contributed by atoms with Crippen LogP contribution in [0, 0.1) is 5.82 Å². The van der Waals surface area contributed by atoms with Gasteiger partial charge in [0.1, 0.15) is 5.82 Å². The summed E-state index contributed by atoms with van der Waals surface area (Å²) in [6.45, 7) is 0. The van der Waals surface area contributed by atoms with Gasteiger partial charge in [0, 0.05) is 5.88 Å². The van der Waals surface area contributed by atoms with Crippen molar-refractivity contribution in [2.24, 2.45) is 0 Å². The molecule has 0 saturated heterocycles. The maximum Gasteiger partial charge on any atom is 0.417 e. The van der Waals surface area contributed by atoms with Crippen molar-refractivity contribution in [2.75, 3.05) is 0 Å². The first-order chi connectivity index (χ1) is 8.93. The van der Waals surface area contributed by atoms with E-state index in [0.717, 1.165) is 12.1 Å². The van der Waals surface area contributed by atoms with Crippen molar-refractivity contribution in [1.82, 2.24) is 0 Å². The van der Waals surface area contributed by atoms with Gasteiger partial charge in [0.2, 0.25) is 0 Å². The summed E-state index contributed by atoms with van der Waals surface area (Å²) in [5, 5.41) is 0. The molecule has 5 heteroatoms. The summed E-state index contributed by atoms with van der Waals surface area (Å²) in [5.74, 6) is -0.581. The van der Waals surface area contributed by atoms with Crippen LogP contribution in [0.5, 0.6) is 0 Å². The van der Waals surface area contributed by atoms with Crippen LogP contribution in [0.25, 0.3) is 11.1 Å². The molecule has 0 unspecified atom stereocenters. The van der Waals surface area contributed by atoms with Gasteiger partial charge in [0.05, 0.1) is 5.56 Å². The number of halogens is 5. The molecule has 0 saturated carbocycles. The molecule has 0 aliphatic rings. The quantitative estimate of drug-likeness (QED) is 0.523. The third kappa shape index (κ3) is 2.89. The van der Waals surface area contributed by atoms with Gasteiger partial charge in [-0.1, -0.05) is 24.3 Å². The minimum atomic E-state index is -4.49. The van der Waals surface area contributed by atoms with Crippen molar-refractivity contribution in [3.05, 3.63) is 59.4 Å². The van der Waals surface area contributed by atoms with E-state index in [2.05, 4.69) is 0 Å². The molecule has 2 rings (SSSR count). The van der Waals surface area contributed by atoms with E-state index < -0.39 is 17.6 Å². The lowest BCUT2D eigenvalue weighted by Crippen LogP contribution is -2.07. The summed E-state index contributed by atoms with van der Waals surface area (Å²) in [4.78, 5) is 0. The largest absolute Gasteiger partial charge is 0.417 e. The second kappa shape index (κ2) is 5.21. The maximum atomic E-state index is 13.3. The van der Waals surface area contributed by atoms with E-state index >= 15 is 0 Å². The zero-order valence-electron chi connectivity index (χ0n) is 9.64. The van der Waals surface area contributed by atoms with Crippen LogP contribution in [0.2, 0.25) is 0 Å². The Hall–Kier alpha value is -1.55. The first kappa shape index (κ1) is 13.9. The Morgan fingerprint density at radius 3 is 2.26 bits per heavy atom. The lowest BCUT2D eigenvalue weighted by atomic mass is 9.95. The summed E-state index contributed by atoms with van der Waals surface area (Å²) in [5.41, 5.74) is -0.236. The molecule has 19 heavy (non-hydrogen) atoms. The van der Waals surface area contributed by atoms with Crippen molar-refractivity contribution in [1.29, 1.82) is 0 Å². The Morgan fingerprint density at radius 1 is 0.947 bits per heavy atom. The molecule has 2 aromatic rings. The van der Waals surface area contributed by atoms with Gasteiger partial charge >= 0.3 is 6.18 Å². The van der Waals surface area contributed by atoms with E-state index in [0.29, 0.717) is 5.56 Å². The molecule has 0 N–H and O–H groups in total. The van der Waals surface area contributed by atoms with Crippen molar-refractivity contribution in [3.63, 3.8) is 0 Å². The molecule has 0 atom stereocenters. The number of hydrogen-bond donors (Lipinski definition) is 0. The molecular formula is C14H9ClF4. The Morgan fingerprint density at radius 2 is 1.63 bits per heavy atom. The van der Waals surface area contributed by atoms with Crippen LogP contribution in [-0.2, 0) is 12.1 Å². The summed E-state index contributed by atoms with van der Waals surface area (Å²) in [7, 11) is 0. The van der Waals surface area contributed by atoms with Gasteiger partial charge in [-0.15, -0.1) is 11.6 Å². The number of hydrogen-bond acceptors (Lipinski definition) is 0. The molecule has 0 aliphatic heterocycles. The normalized spacial score (nSPS) is 11.6. The molecule has 0 spiro atoms.